The van der Waals surface area contributed by atoms with Crippen LogP contribution in [0.15, 0.2) is 48.5 Å². The molecule has 0 atom stereocenters. The van der Waals surface area contributed by atoms with Crippen LogP contribution in [0.3, 0.4) is 0 Å². The summed E-state index contributed by atoms with van der Waals surface area (Å²) in [5.41, 5.74) is 7.90. The fourth-order valence-corrected chi connectivity index (χ4v) is 1.80. The van der Waals surface area contributed by atoms with E-state index >= 15 is 0 Å². The van der Waals surface area contributed by atoms with Gasteiger partial charge in [0.05, 0.1) is 13.2 Å². The van der Waals surface area contributed by atoms with Crippen LogP contribution in [0.25, 0.3) is 0 Å². The van der Waals surface area contributed by atoms with E-state index < -0.39 is 0 Å². The monoisotopic (exact) mass is 271 g/mol. The van der Waals surface area contributed by atoms with Crippen LogP contribution in [0.1, 0.15) is 17.5 Å². The second kappa shape index (κ2) is 7.56. The van der Waals surface area contributed by atoms with E-state index in [9.17, 15) is 0 Å². The minimum absolute atomic E-state index is 0.560. The molecule has 2 N–H and O–H groups in total. The highest BCUT2D eigenvalue weighted by Crippen LogP contribution is 2.13. The Bertz CT molecular complexity index is 506. The molecule has 0 amide bonds. The van der Waals surface area contributed by atoms with Crippen LogP contribution in [0.2, 0.25) is 0 Å². The van der Waals surface area contributed by atoms with Crippen LogP contribution in [-0.2, 0) is 6.54 Å². The van der Waals surface area contributed by atoms with Gasteiger partial charge >= 0.3 is 0 Å². The first-order valence-corrected chi connectivity index (χ1v) is 6.89. The summed E-state index contributed by atoms with van der Waals surface area (Å²) in [6.07, 6.45) is 0.854. The Balaban J connectivity index is 1.64. The molecule has 0 fully saturated rings. The summed E-state index contributed by atoms with van der Waals surface area (Å²) in [5, 5.41) is 0. The number of ether oxygens (including phenoxy) is 2. The van der Waals surface area contributed by atoms with Crippen molar-refractivity contribution in [3.05, 3.63) is 59.7 Å². The van der Waals surface area contributed by atoms with Gasteiger partial charge in [0.25, 0.3) is 0 Å². The summed E-state index contributed by atoms with van der Waals surface area (Å²) in [7, 11) is 0. The Morgan fingerprint density at radius 1 is 0.800 bits per heavy atom. The molecule has 2 aromatic rings. The lowest BCUT2D eigenvalue weighted by molar-refractivity contribution is 0.247. The fourth-order valence-electron chi connectivity index (χ4n) is 1.80. The first-order valence-electron chi connectivity index (χ1n) is 6.89. The quantitative estimate of drug-likeness (QED) is 0.786. The Kier molecular flexibility index (Phi) is 5.44. The van der Waals surface area contributed by atoms with Crippen molar-refractivity contribution in [2.75, 3.05) is 13.2 Å². The van der Waals surface area contributed by atoms with Crippen molar-refractivity contribution in [3.8, 4) is 11.5 Å². The van der Waals surface area contributed by atoms with Gasteiger partial charge in [-0.25, -0.2) is 0 Å². The van der Waals surface area contributed by atoms with E-state index in [2.05, 4.69) is 6.92 Å². The molecular formula is C17H21NO2. The molecule has 3 heteroatoms. The van der Waals surface area contributed by atoms with E-state index in [1.807, 2.05) is 48.5 Å². The van der Waals surface area contributed by atoms with Crippen molar-refractivity contribution in [1.82, 2.24) is 0 Å². The van der Waals surface area contributed by atoms with Gasteiger partial charge in [0.2, 0.25) is 0 Å². The molecule has 0 aromatic heterocycles. The standard InChI is InChI=1S/C17H21NO2/c1-14-3-7-16(8-4-14)19-11-2-12-20-17-9-5-15(13-18)6-10-17/h3-10H,2,11-13,18H2,1H3. The van der Waals surface area contributed by atoms with Crippen LogP contribution in [0.5, 0.6) is 11.5 Å². The van der Waals surface area contributed by atoms with Gasteiger partial charge in [-0.1, -0.05) is 29.8 Å². The van der Waals surface area contributed by atoms with Crippen LogP contribution >= 0.6 is 0 Å². The van der Waals surface area contributed by atoms with Crippen LogP contribution in [0, 0.1) is 6.92 Å². The Labute approximate surface area is 120 Å². The van der Waals surface area contributed by atoms with Crippen molar-refractivity contribution in [2.45, 2.75) is 19.9 Å². The molecule has 0 aliphatic rings. The third kappa shape index (κ3) is 4.59. The maximum Gasteiger partial charge on any atom is 0.119 e. The van der Waals surface area contributed by atoms with Crippen LogP contribution < -0.4 is 15.2 Å². The van der Waals surface area contributed by atoms with Gasteiger partial charge in [-0.3, -0.25) is 0 Å². The zero-order valence-corrected chi connectivity index (χ0v) is 11.8. The fraction of sp³-hybridized carbons (Fsp3) is 0.294. The van der Waals surface area contributed by atoms with E-state index in [4.69, 9.17) is 15.2 Å². The summed E-state index contributed by atoms with van der Waals surface area (Å²) in [5.74, 6) is 1.78. The summed E-state index contributed by atoms with van der Waals surface area (Å²) in [6, 6.07) is 15.9. The number of rotatable bonds is 7. The molecule has 2 aromatic carbocycles. The lowest BCUT2D eigenvalue weighted by atomic mass is 10.2. The molecule has 3 nitrogen and oxygen atoms in total. The van der Waals surface area contributed by atoms with E-state index in [0.29, 0.717) is 19.8 Å². The summed E-state index contributed by atoms with van der Waals surface area (Å²) < 4.78 is 11.3. The largest absolute Gasteiger partial charge is 0.493 e. The molecule has 0 aliphatic carbocycles. The maximum atomic E-state index is 5.64. The SMILES string of the molecule is Cc1ccc(OCCCOc2ccc(CN)cc2)cc1. The zero-order chi connectivity index (χ0) is 14.2. The highest BCUT2D eigenvalue weighted by atomic mass is 16.5. The molecule has 0 unspecified atom stereocenters. The van der Waals surface area contributed by atoms with Gasteiger partial charge in [-0.15, -0.1) is 0 Å². The topological polar surface area (TPSA) is 44.5 Å². The van der Waals surface area contributed by atoms with Crippen molar-refractivity contribution < 1.29 is 9.47 Å². The van der Waals surface area contributed by atoms with Crippen molar-refractivity contribution in [3.63, 3.8) is 0 Å². The number of benzene rings is 2. The van der Waals surface area contributed by atoms with E-state index in [0.717, 1.165) is 23.5 Å². The number of hydrogen-bond donors (Lipinski definition) is 1. The van der Waals surface area contributed by atoms with E-state index in [1.165, 1.54) is 5.56 Å². The Morgan fingerprint density at radius 2 is 1.30 bits per heavy atom. The maximum absolute atomic E-state index is 5.64. The summed E-state index contributed by atoms with van der Waals surface area (Å²) in [4.78, 5) is 0. The van der Waals surface area contributed by atoms with Gasteiger partial charge in [0.15, 0.2) is 0 Å². The summed E-state index contributed by atoms with van der Waals surface area (Å²) in [6.45, 7) is 3.93. The number of hydrogen-bond acceptors (Lipinski definition) is 3. The van der Waals surface area contributed by atoms with Crippen molar-refractivity contribution >= 4 is 0 Å². The molecule has 0 saturated carbocycles. The summed E-state index contributed by atoms with van der Waals surface area (Å²) >= 11 is 0. The smallest absolute Gasteiger partial charge is 0.119 e. The van der Waals surface area contributed by atoms with Crippen LogP contribution in [-0.4, -0.2) is 13.2 Å². The number of nitrogens with two attached hydrogens (primary N) is 1. The van der Waals surface area contributed by atoms with Gasteiger partial charge in [-0.2, -0.15) is 0 Å². The lowest BCUT2D eigenvalue weighted by Gasteiger charge is -2.08. The van der Waals surface area contributed by atoms with Gasteiger partial charge in [-0.05, 0) is 36.8 Å². The van der Waals surface area contributed by atoms with Gasteiger partial charge in [0.1, 0.15) is 11.5 Å². The molecule has 0 radical (unpaired) electrons. The van der Waals surface area contributed by atoms with E-state index in [-0.39, 0.29) is 0 Å². The first-order chi connectivity index (χ1) is 9.78. The van der Waals surface area contributed by atoms with Crippen molar-refractivity contribution in [2.24, 2.45) is 5.73 Å². The average molecular weight is 271 g/mol. The highest BCUT2D eigenvalue weighted by molar-refractivity contribution is 5.27. The minimum Gasteiger partial charge on any atom is -0.493 e. The molecular weight excluding hydrogens is 250 g/mol. The zero-order valence-electron chi connectivity index (χ0n) is 11.8. The van der Waals surface area contributed by atoms with Gasteiger partial charge < -0.3 is 15.2 Å². The second-order valence-electron chi connectivity index (χ2n) is 4.71. The third-order valence-corrected chi connectivity index (χ3v) is 3.01. The normalized spacial score (nSPS) is 10.3. The first kappa shape index (κ1) is 14.4. The molecule has 20 heavy (non-hydrogen) atoms. The van der Waals surface area contributed by atoms with Crippen molar-refractivity contribution in [1.29, 1.82) is 0 Å². The Morgan fingerprint density at radius 3 is 1.80 bits per heavy atom. The molecule has 0 bridgehead atoms. The third-order valence-electron chi connectivity index (χ3n) is 3.01. The van der Waals surface area contributed by atoms with Gasteiger partial charge in [0, 0.05) is 13.0 Å². The molecule has 0 spiro atoms. The Hall–Kier alpha value is -2.00. The molecule has 0 aliphatic heterocycles. The lowest BCUT2D eigenvalue weighted by Crippen LogP contribution is -2.05. The predicted octanol–water partition coefficient (Wildman–Crippen LogP) is 3.30. The minimum atomic E-state index is 0.560. The predicted molar refractivity (Wildman–Crippen MR) is 81.1 cm³/mol. The second-order valence-corrected chi connectivity index (χ2v) is 4.71. The molecule has 2 rings (SSSR count). The van der Waals surface area contributed by atoms with E-state index in [1.54, 1.807) is 0 Å². The molecule has 0 heterocycles. The number of aryl methyl sites for hydroxylation is 1. The molecule has 106 valence electrons. The average Bonchev–Trinajstić information content (AvgIpc) is 2.49. The molecule has 0 saturated heterocycles. The highest BCUT2D eigenvalue weighted by Gasteiger charge is 1.96. The van der Waals surface area contributed by atoms with Crippen LogP contribution in [0.4, 0.5) is 0 Å².